The second-order valence-electron chi connectivity index (χ2n) is 5.60. The van der Waals surface area contributed by atoms with Crippen molar-refractivity contribution in [1.82, 2.24) is 0 Å². The molecule has 24 heavy (non-hydrogen) atoms. The van der Waals surface area contributed by atoms with E-state index in [1.165, 1.54) is 13.2 Å². The number of carbonyl (C=O) groups is 1. The van der Waals surface area contributed by atoms with Gasteiger partial charge in [-0.1, -0.05) is 12.1 Å². The molecule has 126 valence electrons. The lowest BCUT2D eigenvalue weighted by atomic mass is 10.2. The molecule has 1 amide bonds. The molecule has 0 unspecified atom stereocenters. The van der Waals surface area contributed by atoms with Crippen molar-refractivity contribution in [1.29, 1.82) is 0 Å². The number of benzene rings is 2. The van der Waals surface area contributed by atoms with Crippen molar-refractivity contribution in [2.45, 2.75) is 17.7 Å². The first-order chi connectivity index (χ1) is 11.5. The zero-order chi connectivity index (χ0) is 17.2. The van der Waals surface area contributed by atoms with E-state index in [2.05, 4.69) is 10.0 Å². The SMILES string of the molecule is COc1ccccc1S(=O)(=O)Nc1ccc(NC(=O)C2CC2)cc1. The van der Waals surface area contributed by atoms with Crippen molar-refractivity contribution in [2.75, 3.05) is 17.1 Å². The molecule has 0 aliphatic heterocycles. The van der Waals surface area contributed by atoms with Gasteiger partial charge in [0, 0.05) is 17.3 Å². The summed E-state index contributed by atoms with van der Waals surface area (Å²) in [6.45, 7) is 0. The van der Waals surface area contributed by atoms with E-state index in [1.807, 2.05) is 0 Å². The Bertz CT molecular complexity index is 843. The van der Waals surface area contributed by atoms with E-state index in [-0.39, 0.29) is 22.5 Å². The Morgan fingerprint density at radius 3 is 2.29 bits per heavy atom. The third-order valence-corrected chi connectivity index (χ3v) is 5.13. The largest absolute Gasteiger partial charge is 0.495 e. The Morgan fingerprint density at radius 2 is 1.67 bits per heavy atom. The van der Waals surface area contributed by atoms with Crippen LogP contribution in [0.5, 0.6) is 5.75 Å². The van der Waals surface area contributed by atoms with Gasteiger partial charge in [-0.15, -0.1) is 0 Å². The summed E-state index contributed by atoms with van der Waals surface area (Å²) in [5, 5.41) is 2.81. The minimum Gasteiger partial charge on any atom is -0.495 e. The van der Waals surface area contributed by atoms with E-state index in [0.717, 1.165) is 12.8 Å². The second kappa shape index (κ2) is 6.52. The lowest BCUT2D eigenvalue weighted by molar-refractivity contribution is -0.117. The molecule has 0 radical (unpaired) electrons. The van der Waals surface area contributed by atoms with Gasteiger partial charge in [0.1, 0.15) is 10.6 Å². The first kappa shape index (κ1) is 16.3. The summed E-state index contributed by atoms with van der Waals surface area (Å²) in [5.74, 6) is 0.407. The molecule has 0 bridgehead atoms. The summed E-state index contributed by atoms with van der Waals surface area (Å²) in [4.78, 5) is 11.8. The number of hydrogen-bond acceptors (Lipinski definition) is 4. The van der Waals surface area contributed by atoms with Crippen molar-refractivity contribution in [3.8, 4) is 5.75 Å². The molecule has 1 aliphatic carbocycles. The van der Waals surface area contributed by atoms with Crippen LogP contribution in [0.1, 0.15) is 12.8 Å². The van der Waals surface area contributed by atoms with Gasteiger partial charge in [-0.05, 0) is 49.2 Å². The summed E-state index contributed by atoms with van der Waals surface area (Å²) in [5.41, 5.74) is 1.05. The highest BCUT2D eigenvalue weighted by Crippen LogP contribution is 2.30. The van der Waals surface area contributed by atoms with Gasteiger partial charge in [0.2, 0.25) is 5.91 Å². The molecule has 1 aliphatic rings. The van der Waals surface area contributed by atoms with Gasteiger partial charge in [0.15, 0.2) is 0 Å². The van der Waals surface area contributed by atoms with Gasteiger partial charge in [-0.3, -0.25) is 9.52 Å². The summed E-state index contributed by atoms with van der Waals surface area (Å²) < 4.78 is 32.6. The first-order valence-corrected chi connectivity index (χ1v) is 9.05. The standard InChI is InChI=1S/C17H18N2O4S/c1-23-15-4-2-3-5-16(15)24(21,22)19-14-10-8-13(9-11-14)18-17(20)12-6-7-12/h2-5,8-12,19H,6-7H2,1H3,(H,18,20). The fourth-order valence-corrected chi connectivity index (χ4v) is 3.49. The summed E-state index contributed by atoms with van der Waals surface area (Å²) in [6, 6.07) is 12.9. The molecule has 3 rings (SSSR count). The summed E-state index contributed by atoms with van der Waals surface area (Å²) in [6.07, 6.45) is 1.87. The van der Waals surface area contributed by atoms with Gasteiger partial charge in [0.05, 0.1) is 7.11 Å². The molecule has 0 atom stereocenters. The van der Waals surface area contributed by atoms with Crippen LogP contribution in [0.25, 0.3) is 0 Å². The number of nitrogens with one attached hydrogen (secondary N) is 2. The van der Waals surface area contributed by atoms with Crippen LogP contribution < -0.4 is 14.8 Å². The van der Waals surface area contributed by atoms with Crippen LogP contribution >= 0.6 is 0 Å². The number of anilines is 2. The smallest absolute Gasteiger partial charge is 0.265 e. The predicted molar refractivity (Wildman–Crippen MR) is 91.6 cm³/mol. The monoisotopic (exact) mass is 346 g/mol. The molecule has 0 spiro atoms. The molecule has 0 aromatic heterocycles. The van der Waals surface area contributed by atoms with Crippen LogP contribution in [0, 0.1) is 5.92 Å². The van der Waals surface area contributed by atoms with Gasteiger partial charge in [-0.25, -0.2) is 8.42 Å². The fourth-order valence-electron chi connectivity index (χ4n) is 2.26. The normalized spacial score (nSPS) is 14.0. The van der Waals surface area contributed by atoms with Crippen LogP contribution in [0.3, 0.4) is 0 Å². The van der Waals surface area contributed by atoms with Crippen LogP contribution in [-0.2, 0) is 14.8 Å². The molecule has 6 nitrogen and oxygen atoms in total. The van der Waals surface area contributed by atoms with Crippen LogP contribution in [-0.4, -0.2) is 21.4 Å². The van der Waals surface area contributed by atoms with Crippen molar-refractivity contribution in [3.05, 3.63) is 48.5 Å². The maximum absolute atomic E-state index is 12.5. The topological polar surface area (TPSA) is 84.5 Å². The Hall–Kier alpha value is -2.54. The summed E-state index contributed by atoms with van der Waals surface area (Å²) in [7, 11) is -2.34. The van der Waals surface area contributed by atoms with Crippen LogP contribution in [0.15, 0.2) is 53.4 Å². The second-order valence-corrected chi connectivity index (χ2v) is 7.25. The van der Waals surface area contributed by atoms with Crippen molar-refractivity contribution >= 4 is 27.3 Å². The van der Waals surface area contributed by atoms with Gasteiger partial charge < -0.3 is 10.1 Å². The number of methoxy groups -OCH3 is 1. The predicted octanol–water partition coefficient (Wildman–Crippen LogP) is 2.84. The molecule has 7 heteroatoms. The Balaban J connectivity index is 1.74. The van der Waals surface area contributed by atoms with Crippen molar-refractivity contribution in [2.24, 2.45) is 5.92 Å². The molecule has 0 heterocycles. The highest BCUT2D eigenvalue weighted by Gasteiger charge is 2.29. The Morgan fingerprint density at radius 1 is 1.04 bits per heavy atom. The average Bonchev–Trinajstić information content (AvgIpc) is 3.41. The molecule has 0 saturated heterocycles. The number of para-hydroxylation sites is 1. The minimum absolute atomic E-state index is 0.0114. The Labute approximate surface area is 140 Å². The van der Waals surface area contributed by atoms with E-state index >= 15 is 0 Å². The zero-order valence-electron chi connectivity index (χ0n) is 13.2. The fraction of sp³-hybridized carbons (Fsp3) is 0.235. The van der Waals surface area contributed by atoms with E-state index in [1.54, 1.807) is 42.5 Å². The van der Waals surface area contributed by atoms with E-state index in [0.29, 0.717) is 11.4 Å². The first-order valence-electron chi connectivity index (χ1n) is 7.56. The number of sulfonamides is 1. The zero-order valence-corrected chi connectivity index (χ0v) is 14.0. The van der Waals surface area contributed by atoms with Crippen LogP contribution in [0.4, 0.5) is 11.4 Å². The quantitative estimate of drug-likeness (QED) is 0.842. The highest BCUT2D eigenvalue weighted by atomic mass is 32.2. The Kier molecular flexibility index (Phi) is 4.44. The third-order valence-electron chi connectivity index (χ3n) is 3.71. The minimum atomic E-state index is -3.76. The van der Waals surface area contributed by atoms with E-state index in [4.69, 9.17) is 4.74 Å². The lowest BCUT2D eigenvalue weighted by Crippen LogP contribution is -2.15. The molecule has 2 aromatic carbocycles. The van der Waals surface area contributed by atoms with Gasteiger partial charge in [-0.2, -0.15) is 0 Å². The van der Waals surface area contributed by atoms with Gasteiger partial charge in [0.25, 0.3) is 10.0 Å². The number of carbonyl (C=O) groups excluding carboxylic acids is 1. The van der Waals surface area contributed by atoms with Crippen LogP contribution in [0.2, 0.25) is 0 Å². The molecular weight excluding hydrogens is 328 g/mol. The lowest BCUT2D eigenvalue weighted by Gasteiger charge is -2.12. The summed E-state index contributed by atoms with van der Waals surface area (Å²) >= 11 is 0. The molecular formula is C17H18N2O4S. The molecule has 1 saturated carbocycles. The maximum atomic E-state index is 12.5. The van der Waals surface area contributed by atoms with Gasteiger partial charge >= 0.3 is 0 Å². The number of hydrogen-bond donors (Lipinski definition) is 2. The highest BCUT2D eigenvalue weighted by molar-refractivity contribution is 7.92. The van der Waals surface area contributed by atoms with Crippen molar-refractivity contribution < 1.29 is 17.9 Å². The third kappa shape index (κ3) is 3.68. The number of ether oxygens (including phenoxy) is 1. The molecule has 2 N–H and O–H groups in total. The van der Waals surface area contributed by atoms with Crippen molar-refractivity contribution in [3.63, 3.8) is 0 Å². The molecule has 2 aromatic rings. The maximum Gasteiger partial charge on any atom is 0.265 e. The van der Waals surface area contributed by atoms with E-state index in [9.17, 15) is 13.2 Å². The van der Waals surface area contributed by atoms with E-state index < -0.39 is 10.0 Å². The number of amides is 1. The molecule has 1 fully saturated rings. The number of rotatable bonds is 6. The average molecular weight is 346 g/mol.